The Labute approximate surface area is 204 Å². The minimum Gasteiger partial charge on any atom is -0.293 e. The summed E-state index contributed by atoms with van der Waals surface area (Å²) in [5.41, 5.74) is 3.50. The largest absolute Gasteiger partial charge is 0.293 e. The van der Waals surface area contributed by atoms with Crippen LogP contribution in [0.1, 0.15) is 48.5 Å². The maximum absolute atomic E-state index is 13.6. The summed E-state index contributed by atoms with van der Waals surface area (Å²) in [6.07, 6.45) is 5.05. The van der Waals surface area contributed by atoms with E-state index in [4.69, 9.17) is 16.7 Å². The van der Waals surface area contributed by atoms with E-state index >= 15 is 0 Å². The first-order valence-electron chi connectivity index (χ1n) is 12.2. The van der Waals surface area contributed by atoms with Gasteiger partial charge < -0.3 is 0 Å². The monoisotopic (exact) mass is 469 g/mol. The molecule has 0 radical (unpaired) electrons. The topological polar surface area (TPSA) is 38.1 Å². The highest BCUT2D eigenvalue weighted by molar-refractivity contribution is 6.30. The van der Waals surface area contributed by atoms with Crippen molar-refractivity contribution in [3.63, 3.8) is 0 Å². The van der Waals surface area contributed by atoms with E-state index in [-0.39, 0.29) is 11.6 Å². The van der Waals surface area contributed by atoms with Gasteiger partial charge in [-0.3, -0.25) is 9.69 Å². The molecule has 2 fully saturated rings. The van der Waals surface area contributed by atoms with Crippen LogP contribution in [0.3, 0.4) is 0 Å². The van der Waals surface area contributed by atoms with Crippen LogP contribution in [0.25, 0.3) is 10.8 Å². The van der Waals surface area contributed by atoms with E-state index in [1.807, 2.05) is 53.2 Å². The first-order valence-corrected chi connectivity index (χ1v) is 12.6. The summed E-state index contributed by atoms with van der Waals surface area (Å²) in [6, 6.07) is 27.7. The lowest BCUT2D eigenvalue weighted by molar-refractivity contribution is 0.0933. The van der Waals surface area contributed by atoms with Gasteiger partial charge in [0.2, 0.25) is 0 Å². The highest BCUT2D eigenvalue weighted by atomic mass is 35.5. The average molecular weight is 470 g/mol. The van der Waals surface area contributed by atoms with E-state index in [1.165, 1.54) is 18.4 Å². The maximum Gasteiger partial charge on any atom is 0.274 e. The zero-order valence-corrected chi connectivity index (χ0v) is 19.9. The fraction of sp³-hybridized carbons (Fsp3) is 0.310. The molecule has 2 aliphatic rings. The third kappa shape index (κ3) is 4.06. The highest BCUT2D eigenvalue weighted by Crippen LogP contribution is 2.41. The first-order chi connectivity index (χ1) is 16.7. The number of hydrogen-bond donors (Lipinski definition) is 0. The molecule has 2 bridgehead atoms. The molecule has 0 N–H and O–H groups in total. The zero-order valence-electron chi connectivity index (χ0n) is 19.1. The summed E-state index contributed by atoms with van der Waals surface area (Å²) in [6.45, 7) is 0.991. The van der Waals surface area contributed by atoms with Crippen LogP contribution in [-0.4, -0.2) is 26.8 Å². The number of aromatic nitrogens is 2. The fourth-order valence-electron chi connectivity index (χ4n) is 5.95. The summed E-state index contributed by atoms with van der Waals surface area (Å²) in [7, 11) is 0. The lowest BCUT2D eigenvalue weighted by atomic mass is 9.96. The van der Waals surface area contributed by atoms with Crippen LogP contribution in [0.2, 0.25) is 5.02 Å². The Morgan fingerprint density at radius 3 is 2.12 bits per heavy atom. The number of piperidine rings is 1. The van der Waals surface area contributed by atoms with Crippen LogP contribution in [-0.2, 0) is 13.0 Å². The molecule has 4 aromatic rings. The summed E-state index contributed by atoms with van der Waals surface area (Å²) >= 11 is 6.09. The second-order valence-corrected chi connectivity index (χ2v) is 10.1. The summed E-state index contributed by atoms with van der Waals surface area (Å²) in [5.74, 6) is 0. The van der Waals surface area contributed by atoms with Gasteiger partial charge >= 0.3 is 0 Å². The molecule has 0 saturated carbocycles. The molecule has 6 rings (SSSR count). The normalized spacial score (nSPS) is 22.3. The Hall–Kier alpha value is -2.95. The molecule has 1 aromatic heterocycles. The van der Waals surface area contributed by atoms with Crippen molar-refractivity contribution in [3.8, 4) is 0 Å². The summed E-state index contributed by atoms with van der Waals surface area (Å²) in [5, 5.41) is 7.44. The maximum atomic E-state index is 13.6. The Morgan fingerprint density at radius 2 is 1.41 bits per heavy atom. The van der Waals surface area contributed by atoms with Gasteiger partial charge in [0, 0.05) is 35.5 Å². The molecule has 2 unspecified atom stereocenters. The Balaban J connectivity index is 1.33. The van der Waals surface area contributed by atoms with Crippen molar-refractivity contribution in [2.75, 3.05) is 0 Å². The van der Waals surface area contributed by atoms with Crippen LogP contribution < -0.4 is 5.56 Å². The van der Waals surface area contributed by atoms with Crippen LogP contribution in [0.15, 0.2) is 83.7 Å². The predicted octanol–water partition coefficient (Wildman–Crippen LogP) is 6.01. The average Bonchev–Trinajstić information content (AvgIpc) is 3.09. The van der Waals surface area contributed by atoms with E-state index in [2.05, 4.69) is 35.2 Å². The van der Waals surface area contributed by atoms with Gasteiger partial charge in [0.25, 0.3) is 5.56 Å². The van der Waals surface area contributed by atoms with E-state index in [9.17, 15) is 4.79 Å². The van der Waals surface area contributed by atoms with Gasteiger partial charge in [-0.25, -0.2) is 4.68 Å². The Kier molecular flexibility index (Phi) is 5.72. The van der Waals surface area contributed by atoms with Crippen molar-refractivity contribution in [1.29, 1.82) is 0 Å². The lowest BCUT2D eigenvalue weighted by Crippen LogP contribution is -2.45. The molecule has 2 saturated heterocycles. The first kappa shape index (κ1) is 21.6. The zero-order chi connectivity index (χ0) is 23.1. The second-order valence-electron chi connectivity index (χ2n) is 9.71. The van der Waals surface area contributed by atoms with Gasteiger partial charge in [0.05, 0.1) is 17.1 Å². The molecule has 172 valence electrons. The minimum absolute atomic E-state index is 0.0383. The molecule has 0 aliphatic carbocycles. The van der Waals surface area contributed by atoms with Crippen LogP contribution in [0.5, 0.6) is 0 Å². The van der Waals surface area contributed by atoms with Crippen LogP contribution >= 0.6 is 11.6 Å². The molecule has 34 heavy (non-hydrogen) atoms. The van der Waals surface area contributed by atoms with E-state index in [0.29, 0.717) is 18.5 Å². The number of fused-ring (bicyclic) bond motifs is 3. The molecule has 5 heteroatoms. The molecule has 4 nitrogen and oxygen atoms in total. The minimum atomic E-state index is 0.0383. The smallest absolute Gasteiger partial charge is 0.274 e. The molecular weight excluding hydrogens is 442 g/mol. The van der Waals surface area contributed by atoms with Gasteiger partial charge in [-0.15, -0.1) is 0 Å². The third-order valence-electron chi connectivity index (χ3n) is 7.60. The molecule has 3 heterocycles. The van der Waals surface area contributed by atoms with Crippen molar-refractivity contribution >= 4 is 22.4 Å². The van der Waals surface area contributed by atoms with Crippen molar-refractivity contribution in [1.82, 2.24) is 14.7 Å². The molecular formula is C29H28ClN3O. The number of hydrogen-bond acceptors (Lipinski definition) is 3. The molecule has 0 amide bonds. The highest BCUT2D eigenvalue weighted by Gasteiger charge is 2.41. The third-order valence-corrected chi connectivity index (χ3v) is 7.86. The summed E-state index contributed by atoms with van der Waals surface area (Å²) in [4.78, 5) is 16.2. The predicted molar refractivity (Wildman–Crippen MR) is 137 cm³/mol. The van der Waals surface area contributed by atoms with Gasteiger partial charge in [-0.05, 0) is 55.0 Å². The van der Waals surface area contributed by atoms with Crippen molar-refractivity contribution in [3.05, 3.63) is 111 Å². The molecule has 3 aromatic carbocycles. The van der Waals surface area contributed by atoms with Gasteiger partial charge in [-0.1, -0.05) is 72.3 Å². The van der Waals surface area contributed by atoms with Gasteiger partial charge in [-0.2, -0.15) is 5.10 Å². The van der Waals surface area contributed by atoms with Crippen molar-refractivity contribution < 1.29 is 0 Å². The van der Waals surface area contributed by atoms with Crippen molar-refractivity contribution in [2.45, 2.75) is 56.8 Å². The Morgan fingerprint density at radius 1 is 0.765 bits per heavy atom. The quantitative estimate of drug-likeness (QED) is 0.359. The number of rotatable bonds is 5. The summed E-state index contributed by atoms with van der Waals surface area (Å²) < 4.78 is 1.82. The van der Waals surface area contributed by atoms with Crippen molar-refractivity contribution in [2.24, 2.45) is 0 Å². The molecule has 2 atom stereocenters. The van der Waals surface area contributed by atoms with E-state index < -0.39 is 0 Å². The standard InChI is InChI=1S/C29H28ClN3O/c30-22-12-10-20(11-13-22)16-28-26-8-4-5-9-27(26)29(34)33(31-28)25-17-23-14-15-24(18-25)32(23)19-21-6-2-1-3-7-21/h1-13,23-25H,14-19H2. The van der Waals surface area contributed by atoms with Crippen LogP contribution in [0.4, 0.5) is 0 Å². The van der Waals surface area contributed by atoms with Gasteiger partial charge in [0.15, 0.2) is 0 Å². The Bertz CT molecular complexity index is 1350. The fourth-order valence-corrected chi connectivity index (χ4v) is 6.07. The number of benzene rings is 3. The van der Waals surface area contributed by atoms with Gasteiger partial charge in [0.1, 0.15) is 0 Å². The number of nitrogens with zero attached hydrogens (tertiary/aromatic N) is 3. The van der Waals surface area contributed by atoms with E-state index in [0.717, 1.165) is 46.4 Å². The molecule has 0 spiro atoms. The second kappa shape index (κ2) is 9.01. The van der Waals surface area contributed by atoms with E-state index in [1.54, 1.807) is 0 Å². The molecule has 2 aliphatic heterocycles. The lowest BCUT2D eigenvalue weighted by Gasteiger charge is -2.39. The SMILES string of the molecule is O=c1c2ccccc2c(Cc2ccc(Cl)cc2)nn1C1CC2CCC(C1)N2Cc1ccccc1. The number of halogens is 1. The van der Waals surface area contributed by atoms with Crippen LogP contribution in [0, 0.1) is 0 Å².